The molecule has 0 unspecified atom stereocenters. The van der Waals surface area contributed by atoms with Crippen molar-refractivity contribution in [2.75, 3.05) is 20.3 Å². The Morgan fingerprint density at radius 1 is 1.04 bits per heavy atom. The third-order valence-electron chi connectivity index (χ3n) is 7.00. The molecule has 45 heavy (non-hydrogen) atoms. The van der Waals surface area contributed by atoms with Crippen molar-refractivity contribution in [1.82, 2.24) is 5.32 Å². The summed E-state index contributed by atoms with van der Waals surface area (Å²) in [6, 6.07) is 16.8. The molecule has 0 bridgehead atoms. The van der Waals surface area contributed by atoms with E-state index in [2.05, 4.69) is 5.32 Å². The fraction of sp³-hybridized carbons (Fsp3) is 0.382. The van der Waals surface area contributed by atoms with Gasteiger partial charge in [-0.1, -0.05) is 12.1 Å². The number of esters is 1. The topological polar surface area (TPSA) is 116 Å². The van der Waals surface area contributed by atoms with Crippen molar-refractivity contribution in [2.45, 2.75) is 63.8 Å². The summed E-state index contributed by atoms with van der Waals surface area (Å²) in [5.41, 5.74) is -1.43. The third kappa shape index (κ3) is 8.57. The summed E-state index contributed by atoms with van der Waals surface area (Å²) in [7, 11) is 1.51. The summed E-state index contributed by atoms with van der Waals surface area (Å²) < 4.78 is 51.3. The average Bonchev–Trinajstić information content (AvgIpc) is 3.41. The number of amides is 1. The first-order valence-electron chi connectivity index (χ1n) is 14.6. The summed E-state index contributed by atoms with van der Waals surface area (Å²) in [4.78, 5) is 31.9. The van der Waals surface area contributed by atoms with Crippen LogP contribution in [0.15, 0.2) is 71.7 Å². The highest BCUT2D eigenvalue weighted by Gasteiger charge is 2.53. The van der Waals surface area contributed by atoms with E-state index in [1.807, 2.05) is 0 Å². The van der Waals surface area contributed by atoms with Crippen LogP contribution < -0.4 is 14.8 Å². The second-order valence-corrected chi connectivity index (χ2v) is 11.6. The minimum atomic E-state index is -1.71. The Bertz CT molecular complexity index is 1520. The number of ether oxygens (including phenoxy) is 4. The van der Waals surface area contributed by atoms with E-state index in [4.69, 9.17) is 29.0 Å². The van der Waals surface area contributed by atoms with Crippen molar-refractivity contribution in [1.29, 1.82) is 0 Å². The molecule has 0 saturated heterocycles. The van der Waals surface area contributed by atoms with Crippen LogP contribution in [0.25, 0.3) is 0 Å². The molecule has 0 radical (unpaired) electrons. The lowest BCUT2D eigenvalue weighted by molar-refractivity contribution is -0.155. The van der Waals surface area contributed by atoms with Gasteiger partial charge in [0.1, 0.15) is 28.7 Å². The van der Waals surface area contributed by atoms with E-state index in [0.29, 0.717) is 35.7 Å². The van der Waals surface area contributed by atoms with Gasteiger partial charge in [-0.2, -0.15) is 0 Å². The molecule has 3 aromatic rings. The van der Waals surface area contributed by atoms with Crippen LogP contribution in [0.4, 0.5) is 8.78 Å². The monoisotopic (exact) mass is 624 g/mol. The van der Waals surface area contributed by atoms with Crippen molar-refractivity contribution in [3.8, 4) is 11.5 Å². The Labute approximate surface area is 261 Å². The number of carbonyl (C=O) groups is 2. The number of benzene rings is 3. The maximum Gasteiger partial charge on any atom is 0.306 e. The molecule has 0 aromatic heterocycles. The number of aliphatic hydroxyl groups excluding tert-OH is 1. The molecule has 240 valence electrons. The molecular weight excluding hydrogens is 586 g/mol. The predicted molar refractivity (Wildman–Crippen MR) is 163 cm³/mol. The van der Waals surface area contributed by atoms with E-state index < -0.39 is 40.8 Å². The van der Waals surface area contributed by atoms with Crippen LogP contribution in [0.5, 0.6) is 11.5 Å². The van der Waals surface area contributed by atoms with Gasteiger partial charge in [-0.05, 0) is 87.4 Å². The maximum atomic E-state index is 14.5. The van der Waals surface area contributed by atoms with Crippen LogP contribution in [0.2, 0.25) is 0 Å². The van der Waals surface area contributed by atoms with Crippen LogP contribution >= 0.6 is 0 Å². The van der Waals surface area contributed by atoms with Gasteiger partial charge in [0.2, 0.25) is 5.90 Å². The Morgan fingerprint density at radius 3 is 2.49 bits per heavy atom. The number of halogens is 2. The van der Waals surface area contributed by atoms with Gasteiger partial charge in [-0.25, -0.2) is 13.8 Å². The highest BCUT2D eigenvalue weighted by atomic mass is 19.1. The second kappa shape index (κ2) is 14.5. The highest BCUT2D eigenvalue weighted by Crippen LogP contribution is 2.44. The molecule has 0 aliphatic carbocycles. The van der Waals surface area contributed by atoms with Gasteiger partial charge in [-0.3, -0.25) is 9.59 Å². The van der Waals surface area contributed by atoms with E-state index >= 15 is 0 Å². The molecule has 11 heteroatoms. The van der Waals surface area contributed by atoms with Crippen LogP contribution in [0, 0.1) is 11.6 Å². The largest absolute Gasteiger partial charge is 0.497 e. The lowest BCUT2D eigenvalue weighted by atomic mass is 9.83. The smallest absolute Gasteiger partial charge is 0.306 e. The van der Waals surface area contributed by atoms with Crippen LogP contribution in [0.1, 0.15) is 62.8 Å². The first kappa shape index (κ1) is 33.4. The molecule has 1 amide bonds. The molecule has 0 spiro atoms. The number of aliphatic hydroxyl groups is 1. The van der Waals surface area contributed by atoms with Gasteiger partial charge in [-0.15, -0.1) is 0 Å². The van der Waals surface area contributed by atoms with Gasteiger partial charge in [0.15, 0.2) is 11.6 Å². The number of hydrogen-bond donors (Lipinski definition) is 2. The fourth-order valence-electron chi connectivity index (χ4n) is 4.87. The number of hydrogen-bond acceptors (Lipinski definition) is 8. The van der Waals surface area contributed by atoms with Gasteiger partial charge >= 0.3 is 5.97 Å². The summed E-state index contributed by atoms with van der Waals surface area (Å²) in [5, 5.41) is 11.7. The molecule has 4 rings (SSSR count). The second-order valence-electron chi connectivity index (χ2n) is 11.6. The SMILES string of the molecule is COc1cccc([C@H]2OC(c3ccc(OCCCO)cc3)=N[C@@]2(CCC(=O)OC(C)(C)C)C(=O)NCc2cc(F)ccc2F)c1. The zero-order chi connectivity index (χ0) is 32.6. The lowest BCUT2D eigenvalue weighted by Gasteiger charge is -2.31. The Morgan fingerprint density at radius 2 is 1.80 bits per heavy atom. The van der Waals surface area contributed by atoms with E-state index in [1.165, 1.54) is 7.11 Å². The number of methoxy groups -OCH3 is 1. The first-order chi connectivity index (χ1) is 21.4. The zero-order valence-corrected chi connectivity index (χ0v) is 25.8. The Hall–Kier alpha value is -4.51. The van der Waals surface area contributed by atoms with E-state index in [-0.39, 0.29) is 37.5 Å². The molecule has 2 atom stereocenters. The minimum Gasteiger partial charge on any atom is -0.497 e. The molecule has 0 saturated carbocycles. The summed E-state index contributed by atoms with van der Waals surface area (Å²) in [6.07, 6.45) is -0.846. The van der Waals surface area contributed by atoms with Crippen LogP contribution in [0.3, 0.4) is 0 Å². The number of aliphatic imine (C=N–C) groups is 1. The molecule has 2 N–H and O–H groups in total. The van der Waals surface area contributed by atoms with Gasteiger partial charge in [0.25, 0.3) is 5.91 Å². The molecule has 1 heterocycles. The quantitative estimate of drug-likeness (QED) is 0.193. The molecule has 1 aliphatic heterocycles. The van der Waals surface area contributed by atoms with Crippen LogP contribution in [-0.4, -0.2) is 54.3 Å². The van der Waals surface area contributed by atoms with Gasteiger partial charge in [0, 0.05) is 37.1 Å². The molecular formula is C34H38F2N2O7. The number of nitrogens with one attached hydrogen (secondary N) is 1. The number of rotatable bonds is 13. The summed E-state index contributed by atoms with van der Waals surface area (Å²) >= 11 is 0. The van der Waals surface area contributed by atoms with E-state index in [0.717, 1.165) is 18.2 Å². The number of nitrogens with zero attached hydrogens (tertiary/aromatic N) is 1. The fourth-order valence-corrected chi connectivity index (χ4v) is 4.87. The van der Waals surface area contributed by atoms with Crippen molar-refractivity contribution < 1.29 is 42.4 Å². The first-order valence-corrected chi connectivity index (χ1v) is 14.6. The molecule has 9 nitrogen and oxygen atoms in total. The average molecular weight is 625 g/mol. The van der Waals surface area contributed by atoms with Crippen molar-refractivity contribution in [3.05, 3.63) is 95.1 Å². The van der Waals surface area contributed by atoms with E-state index in [1.54, 1.807) is 69.3 Å². The van der Waals surface area contributed by atoms with Crippen molar-refractivity contribution in [2.24, 2.45) is 4.99 Å². The third-order valence-corrected chi connectivity index (χ3v) is 7.00. The summed E-state index contributed by atoms with van der Waals surface area (Å²) in [5.74, 6) is -1.30. The minimum absolute atomic E-state index is 0.00762. The Balaban J connectivity index is 1.75. The van der Waals surface area contributed by atoms with E-state index in [9.17, 15) is 18.4 Å². The highest BCUT2D eigenvalue weighted by molar-refractivity contribution is 6.01. The predicted octanol–water partition coefficient (Wildman–Crippen LogP) is 5.43. The number of carbonyl (C=O) groups excluding carboxylic acids is 2. The van der Waals surface area contributed by atoms with Crippen LogP contribution in [-0.2, 0) is 25.6 Å². The normalized spacial score (nSPS) is 17.7. The van der Waals surface area contributed by atoms with Crippen molar-refractivity contribution >= 4 is 17.8 Å². The zero-order valence-electron chi connectivity index (χ0n) is 25.8. The van der Waals surface area contributed by atoms with Crippen molar-refractivity contribution in [3.63, 3.8) is 0 Å². The van der Waals surface area contributed by atoms with Gasteiger partial charge < -0.3 is 29.4 Å². The lowest BCUT2D eigenvalue weighted by Crippen LogP contribution is -2.48. The standard InChI is InChI=1S/C34H38F2N2O7/c1-33(2,3)45-29(40)15-16-34(32(41)37-21-24-19-25(35)11-14-28(24)36)30(23-7-5-8-27(20-23)42-4)44-31(38-34)22-9-12-26(13-10-22)43-18-6-17-39/h5,7-14,19-20,30,39H,6,15-18,21H2,1-4H3,(H,37,41)/t30-,34-/m1/s1. The Kier molecular flexibility index (Phi) is 10.8. The maximum absolute atomic E-state index is 14.5. The molecule has 3 aromatic carbocycles. The summed E-state index contributed by atoms with van der Waals surface area (Å²) in [6.45, 7) is 5.25. The molecule has 1 aliphatic rings. The molecule has 0 fully saturated rings. The van der Waals surface area contributed by atoms with Gasteiger partial charge in [0.05, 0.1) is 13.7 Å².